The molecule has 14 heavy (non-hydrogen) atoms. The van der Waals surface area contributed by atoms with E-state index in [1.165, 1.54) is 0 Å². The van der Waals surface area contributed by atoms with Crippen molar-refractivity contribution in [2.45, 2.75) is 25.2 Å². The summed E-state index contributed by atoms with van der Waals surface area (Å²) in [6.45, 7) is -0.265. The fourth-order valence-corrected chi connectivity index (χ4v) is 1.20. The lowest BCUT2D eigenvalue weighted by atomic mass is 10.1. The lowest BCUT2D eigenvalue weighted by molar-refractivity contribution is -0.125. The molecule has 1 aliphatic rings. The lowest BCUT2D eigenvalue weighted by Gasteiger charge is -2.18. The Bertz CT molecular complexity index is 192. The molecule has 0 saturated heterocycles. The van der Waals surface area contributed by atoms with Crippen LogP contribution in [0.3, 0.4) is 0 Å². The summed E-state index contributed by atoms with van der Waals surface area (Å²) in [5, 5.41) is 2.35. The molecular weight excluding hydrogens is 200 g/mol. The van der Waals surface area contributed by atoms with Crippen molar-refractivity contribution >= 4 is 0 Å². The Balaban J connectivity index is 2.21. The van der Waals surface area contributed by atoms with Crippen LogP contribution in [-0.2, 0) is 0 Å². The predicted octanol–water partition coefficient (Wildman–Crippen LogP) is 1.22. The molecule has 1 fully saturated rings. The second-order valence-electron chi connectivity index (χ2n) is 3.87. The molecule has 0 amide bonds. The van der Waals surface area contributed by atoms with Gasteiger partial charge in [-0.25, -0.2) is 8.78 Å². The van der Waals surface area contributed by atoms with Gasteiger partial charge in [-0.05, 0) is 24.8 Å². The molecule has 84 valence electrons. The van der Waals surface area contributed by atoms with Gasteiger partial charge in [-0.15, -0.1) is 0 Å². The topological polar surface area (TPSA) is 38.0 Å². The molecule has 0 radical (unpaired) electrons. The molecular formula is C8H14F4N2. The molecule has 0 unspecified atom stereocenters. The average molecular weight is 214 g/mol. The lowest BCUT2D eigenvalue weighted by Crippen LogP contribution is -2.41. The molecule has 0 atom stereocenters. The number of rotatable bonds is 6. The standard InChI is InChI=1S/C8H14F4N2/c9-6(10)8(11,12)5-14-4-7(3-13)1-2-7/h6,14H,1-5,13H2. The minimum Gasteiger partial charge on any atom is -0.330 e. The number of hydrogen-bond acceptors (Lipinski definition) is 2. The highest BCUT2D eigenvalue weighted by molar-refractivity contribution is 4.96. The Morgan fingerprint density at radius 1 is 1.36 bits per heavy atom. The molecule has 1 aliphatic carbocycles. The molecule has 3 N–H and O–H groups in total. The van der Waals surface area contributed by atoms with Crippen LogP contribution < -0.4 is 11.1 Å². The second-order valence-corrected chi connectivity index (χ2v) is 3.87. The normalized spacial score (nSPS) is 20.1. The fourth-order valence-electron chi connectivity index (χ4n) is 1.20. The van der Waals surface area contributed by atoms with Gasteiger partial charge in [0.2, 0.25) is 0 Å². The van der Waals surface area contributed by atoms with Crippen LogP contribution >= 0.6 is 0 Å². The summed E-state index contributed by atoms with van der Waals surface area (Å²) in [5.41, 5.74) is 5.29. The van der Waals surface area contributed by atoms with Crippen LogP contribution in [0.2, 0.25) is 0 Å². The Morgan fingerprint density at radius 2 is 1.93 bits per heavy atom. The van der Waals surface area contributed by atoms with Gasteiger partial charge in [-0.2, -0.15) is 8.78 Å². The van der Waals surface area contributed by atoms with E-state index in [-0.39, 0.29) is 5.41 Å². The Labute approximate surface area is 79.8 Å². The molecule has 1 saturated carbocycles. The first-order valence-corrected chi connectivity index (χ1v) is 4.49. The van der Waals surface area contributed by atoms with Gasteiger partial charge in [0, 0.05) is 6.54 Å². The summed E-state index contributed by atoms with van der Waals surface area (Å²) < 4.78 is 48.2. The van der Waals surface area contributed by atoms with E-state index in [4.69, 9.17) is 5.73 Å². The first-order chi connectivity index (χ1) is 6.42. The summed E-state index contributed by atoms with van der Waals surface area (Å²) >= 11 is 0. The summed E-state index contributed by atoms with van der Waals surface area (Å²) in [5.74, 6) is -3.94. The molecule has 0 aromatic heterocycles. The molecule has 1 rings (SSSR count). The van der Waals surface area contributed by atoms with Crippen LogP contribution in [0.15, 0.2) is 0 Å². The van der Waals surface area contributed by atoms with Gasteiger partial charge in [-0.3, -0.25) is 0 Å². The van der Waals surface area contributed by atoms with E-state index in [1.807, 2.05) is 0 Å². The SMILES string of the molecule is NCC1(CNCC(F)(F)C(F)F)CC1. The largest absolute Gasteiger partial charge is 0.330 e. The van der Waals surface area contributed by atoms with E-state index in [0.717, 1.165) is 12.8 Å². The zero-order valence-corrected chi connectivity index (χ0v) is 7.70. The molecule has 0 aliphatic heterocycles. The van der Waals surface area contributed by atoms with Crippen molar-refractivity contribution in [1.29, 1.82) is 0 Å². The Hall–Kier alpha value is -0.360. The Morgan fingerprint density at radius 3 is 2.29 bits per heavy atom. The van der Waals surface area contributed by atoms with E-state index < -0.39 is 18.9 Å². The predicted molar refractivity (Wildman–Crippen MR) is 44.5 cm³/mol. The van der Waals surface area contributed by atoms with E-state index in [1.54, 1.807) is 0 Å². The van der Waals surface area contributed by atoms with Crippen molar-refractivity contribution in [1.82, 2.24) is 5.32 Å². The monoisotopic (exact) mass is 214 g/mol. The molecule has 0 aromatic carbocycles. The number of alkyl halides is 4. The van der Waals surface area contributed by atoms with Crippen molar-refractivity contribution in [3.05, 3.63) is 0 Å². The third-order valence-corrected chi connectivity index (χ3v) is 2.57. The summed E-state index contributed by atoms with van der Waals surface area (Å²) in [6.07, 6.45) is -1.84. The molecule has 0 heterocycles. The van der Waals surface area contributed by atoms with Crippen molar-refractivity contribution < 1.29 is 17.6 Å². The first kappa shape index (κ1) is 11.7. The van der Waals surface area contributed by atoms with Gasteiger partial charge in [0.15, 0.2) is 0 Å². The third kappa shape index (κ3) is 2.81. The highest BCUT2D eigenvalue weighted by Gasteiger charge is 2.44. The molecule has 2 nitrogen and oxygen atoms in total. The molecule has 0 aromatic rings. The highest BCUT2D eigenvalue weighted by atomic mass is 19.3. The first-order valence-electron chi connectivity index (χ1n) is 4.49. The van der Waals surface area contributed by atoms with Gasteiger partial charge in [0.25, 0.3) is 0 Å². The maximum Gasteiger partial charge on any atom is 0.319 e. The van der Waals surface area contributed by atoms with Gasteiger partial charge < -0.3 is 11.1 Å². The number of halogens is 4. The molecule has 0 bridgehead atoms. The smallest absolute Gasteiger partial charge is 0.319 e. The van der Waals surface area contributed by atoms with Crippen LogP contribution in [0.1, 0.15) is 12.8 Å². The van der Waals surface area contributed by atoms with Crippen LogP contribution in [-0.4, -0.2) is 32.0 Å². The van der Waals surface area contributed by atoms with Crippen LogP contribution in [0.5, 0.6) is 0 Å². The zero-order valence-electron chi connectivity index (χ0n) is 7.70. The Kier molecular flexibility index (Phi) is 3.36. The van der Waals surface area contributed by atoms with Crippen molar-refractivity contribution in [2.75, 3.05) is 19.6 Å². The van der Waals surface area contributed by atoms with Crippen LogP contribution in [0, 0.1) is 5.41 Å². The van der Waals surface area contributed by atoms with Crippen LogP contribution in [0.4, 0.5) is 17.6 Å². The highest BCUT2D eigenvalue weighted by Crippen LogP contribution is 2.43. The van der Waals surface area contributed by atoms with E-state index in [2.05, 4.69) is 5.32 Å². The number of nitrogens with two attached hydrogens (primary N) is 1. The molecule has 6 heteroatoms. The number of nitrogens with one attached hydrogen (secondary N) is 1. The maximum absolute atomic E-state index is 12.4. The molecule has 0 spiro atoms. The quantitative estimate of drug-likeness (QED) is 0.652. The average Bonchev–Trinajstić information content (AvgIpc) is 2.85. The van der Waals surface area contributed by atoms with Gasteiger partial charge in [-0.1, -0.05) is 0 Å². The minimum absolute atomic E-state index is 0.113. The van der Waals surface area contributed by atoms with Crippen molar-refractivity contribution in [3.8, 4) is 0 Å². The van der Waals surface area contributed by atoms with Gasteiger partial charge in [0.05, 0.1) is 6.54 Å². The van der Waals surface area contributed by atoms with E-state index in [0.29, 0.717) is 13.1 Å². The summed E-state index contributed by atoms with van der Waals surface area (Å²) in [4.78, 5) is 0. The zero-order chi connectivity index (χ0) is 10.8. The van der Waals surface area contributed by atoms with Gasteiger partial charge in [0.1, 0.15) is 0 Å². The maximum atomic E-state index is 12.4. The van der Waals surface area contributed by atoms with Gasteiger partial charge >= 0.3 is 12.3 Å². The van der Waals surface area contributed by atoms with Crippen molar-refractivity contribution in [2.24, 2.45) is 11.1 Å². The van der Waals surface area contributed by atoms with Crippen LogP contribution in [0.25, 0.3) is 0 Å². The van der Waals surface area contributed by atoms with E-state index >= 15 is 0 Å². The summed E-state index contributed by atoms with van der Waals surface area (Å²) in [7, 11) is 0. The number of hydrogen-bond donors (Lipinski definition) is 2. The summed E-state index contributed by atoms with van der Waals surface area (Å²) in [6, 6.07) is 0. The fraction of sp³-hybridized carbons (Fsp3) is 1.00. The van der Waals surface area contributed by atoms with E-state index in [9.17, 15) is 17.6 Å². The minimum atomic E-state index is -3.94. The van der Waals surface area contributed by atoms with Crippen molar-refractivity contribution in [3.63, 3.8) is 0 Å². The third-order valence-electron chi connectivity index (χ3n) is 2.57. The second kappa shape index (κ2) is 4.02.